The van der Waals surface area contributed by atoms with Crippen molar-refractivity contribution in [2.45, 2.75) is 31.8 Å². The number of hydrogen-bond donors (Lipinski definition) is 3. The lowest BCUT2D eigenvalue weighted by Gasteiger charge is -2.27. The highest BCUT2D eigenvalue weighted by atomic mass is 127. The fraction of sp³-hybridized carbons (Fsp3) is 0.273. The minimum atomic E-state index is 0. The van der Waals surface area contributed by atoms with Crippen LogP contribution >= 0.6 is 24.0 Å². The Balaban J connectivity index is 0.00000225. The first-order chi connectivity index (χ1) is 13.3. The van der Waals surface area contributed by atoms with E-state index in [4.69, 9.17) is 0 Å². The van der Waals surface area contributed by atoms with Crippen LogP contribution in [0.2, 0.25) is 0 Å². The van der Waals surface area contributed by atoms with Crippen LogP contribution in [0.15, 0.2) is 65.8 Å². The van der Waals surface area contributed by atoms with Gasteiger partial charge in [0.15, 0.2) is 5.96 Å². The summed E-state index contributed by atoms with van der Waals surface area (Å²) < 4.78 is 0. The molecule has 0 spiro atoms. The van der Waals surface area contributed by atoms with Crippen LogP contribution in [-0.4, -0.2) is 29.0 Å². The van der Waals surface area contributed by atoms with Crippen molar-refractivity contribution < 1.29 is 0 Å². The van der Waals surface area contributed by atoms with Gasteiger partial charge in [0.1, 0.15) is 5.82 Å². The number of halogens is 1. The van der Waals surface area contributed by atoms with E-state index in [1.807, 2.05) is 31.4 Å². The first-order valence-corrected chi connectivity index (χ1v) is 9.45. The average molecular weight is 487 g/mol. The second-order valence-corrected chi connectivity index (χ2v) is 6.89. The summed E-state index contributed by atoms with van der Waals surface area (Å²) >= 11 is 0. The average Bonchev–Trinajstić information content (AvgIpc) is 3.21. The molecule has 0 aliphatic heterocycles. The van der Waals surface area contributed by atoms with Gasteiger partial charge < -0.3 is 15.6 Å². The Labute approximate surface area is 183 Å². The molecule has 1 aliphatic rings. The quantitative estimate of drug-likeness (QED) is 0.297. The first-order valence-electron chi connectivity index (χ1n) is 9.45. The molecule has 0 radical (unpaired) electrons. The Kier molecular flexibility index (Phi) is 7.08. The summed E-state index contributed by atoms with van der Waals surface area (Å²) in [7, 11) is 1.81. The molecule has 3 N–H and O–H groups in total. The molecular weight excluding hydrogens is 461 g/mol. The largest absolute Gasteiger partial charge is 0.353 e. The van der Waals surface area contributed by atoms with Gasteiger partial charge in [-0.2, -0.15) is 0 Å². The Hall–Kier alpha value is -2.35. The zero-order valence-electron chi connectivity index (χ0n) is 16.0. The van der Waals surface area contributed by atoms with Crippen LogP contribution in [0.3, 0.4) is 0 Å². The molecule has 0 amide bonds. The van der Waals surface area contributed by atoms with E-state index in [0.717, 1.165) is 42.3 Å². The van der Waals surface area contributed by atoms with E-state index in [1.54, 1.807) is 0 Å². The topological polar surface area (TPSA) is 65.1 Å². The van der Waals surface area contributed by atoms with Crippen LogP contribution in [-0.2, 0) is 19.4 Å². The number of aromatic amines is 1. The van der Waals surface area contributed by atoms with Crippen molar-refractivity contribution in [2.24, 2.45) is 4.99 Å². The van der Waals surface area contributed by atoms with Crippen LogP contribution in [0, 0.1) is 0 Å². The number of fused-ring (bicyclic) bond motifs is 1. The van der Waals surface area contributed by atoms with Gasteiger partial charge >= 0.3 is 0 Å². The summed E-state index contributed by atoms with van der Waals surface area (Å²) in [4.78, 5) is 12.2. The summed E-state index contributed by atoms with van der Waals surface area (Å²) in [5, 5.41) is 6.92. The summed E-state index contributed by atoms with van der Waals surface area (Å²) in [5.74, 6) is 1.71. The number of imidazole rings is 1. The third kappa shape index (κ3) is 4.92. The SMILES string of the molecule is CN=C(NCc1ncc(-c2ccccc2)[nH]1)NC1CCc2ccccc2C1.I. The normalized spacial score (nSPS) is 16.0. The van der Waals surface area contributed by atoms with Gasteiger partial charge in [0.25, 0.3) is 0 Å². The lowest BCUT2D eigenvalue weighted by atomic mass is 9.88. The maximum absolute atomic E-state index is 4.47. The minimum absolute atomic E-state index is 0. The van der Waals surface area contributed by atoms with Crippen molar-refractivity contribution in [3.8, 4) is 11.3 Å². The zero-order chi connectivity index (χ0) is 18.5. The van der Waals surface area contributed by atoms with Gasteiger partial charge in [-0.05, 0) is 36.0 Å². The minimum Gasteiger partial charge on any atom is -0.353 e. The molecular formula is C22H26IN5. The maximum atomic E-state index is 4.47. The summed E-state index contributed by atoms with van der Waals surface area (Å²) in [6, 6.07) is 19.3. The van der Waals surface area contributed by atoms with E-state index in [9.17, 15) is 0 Å². The van der Waals surface area contributed by atoms with Gasteiger partial charge in [-0.25, -0.2) is 4.98 Å². The molecule has 146 valence electrons. The number of benzene rings is 2. The van der Waals surface area contributed by atoms with Gasteiger partial charge in [0.2, 0.25) is 0 Å². The van der Waals surface area contributed by atoms with Crippen molar-refractivity contribution in [1.82, 2.24) is 20.6 Å². The number of guanidine groups is 1. The van der Waals surface area contributed by atoms with Gasteiger partial charge in [-0.1, -0.05) is 54.6 Å². The zero-order valence-corrected chi connectivity index (χ0v) is 18.3. The van der Waals surface area contributed by atoms with E-state index in [-0.39, 0.29) is 24.0 Å². The van der Waals surface area contributed by atoms with Crippen LogP contribution in [0.25, 0.3) is 11.3 Å². The molecule has 6 heteroatoms. The van der Waals surface area contributed by atoms with E-state index in [2.05, 4.69) is 62.0 Å². The van der Waals surface area contributed by atoms with Crippen molar-refractivity contribution >= 4 is 29.9 Å². The van der Waals surface area contributed by atoms with E-state index >= 15 is 0 Å². The Bertz CT molecular complexity index is 919. The number of aromatic nitrogens is 2. The highest BCUT2D eigenvalue weighted by Gasteiger charge is 2.19. The smallest absolute Gasteiger partial charge is 0.191 e. The third-order valence-corrected chi connectivity index (χ3v) is 5.05. The molecule has 0 saturated carbocycles. The van der Waals surface area contributed by atoms with Gasteiger partial charge in [0, 0.05) is 13.1 Å². The number of nitrogens with zero attached hydrogens (tertiary/aromatic N) is 2. The first kappa shape index (κ1) is 20.4. The van der Waals surface area contributed by atoms with Gasteiger partial charge in [-0.3, -0.25) is 4.99 Å². The standard InChI is InChI=1S/C22H25N5.HI/c1-23-22(26-19-12-11-16-7-5-6-10-18(16)13-19)25-15-21-24-14-20(27-21)17-8-3-2-4-9-17;/h2-10,14,19H,11-13,15H2,1H3,(H,24,27)(H2,23,25,26);1H. The second-order valence-electron chi connectivity index (χ2n) is 6.89. The van der Waals surface area contributed by atoms with E-state index < -0.39 is 0 Å². The number of hydrogen-bond acceptors (Lipinski definition) is 2. The maximum Gasteiger partial charge on any atom is 0.191 e. The molecule has 1 unspecified atom stereocenters. The van der Waals surface area contributed by atoms with Crippen molar-refractivity contribution in [3.63, 3.8) is 0 Å². The van der Waals surface area contributed by atoms with Crippen molar-refractivity contribution in [1.29, 1.82) is 0 Å². The van der Waals surface area contributed by atoms with Crippen LogP contribution in [0.1, 0.15) is 23.4 Å². The fourth-order valence-corrected chi connectivity index (χ4v) is 3.59. The van der Waals surface area contributed by atoms with Gasteiger partial charge in [0.05, 0.1) is 18.4 Å². The predicted molar refractivity (Wildman–Crippen MR) is 125 cm³/mol. The lowest BCUT2D eigenvalue weighted by molar-refractivity contribution is 0.520. The predicted octanol–water partition coefficient (Wildman–Crippen LogP) is 3.92. The molecule has 1 aliphatic carbocycles. The molecule has 28 heavy (non-hydrogen) atoms. The number of nitrogens with one attached hydrogen (secondary N) is 3. The van der Waals surface area contributed by atoms with Crippen molar-refractivity contribution in [3.05, 3.63) is 77.7 Å². The second kappa shape index (κ2) is 9.73. The third-order valence-electron chi connectivity index (χ3n) is 5.05. The summed E-state index contributed by atoms with van der Waals surface area (Å²) in [6.07, 6.45) is 5.15. The molecule has 2 aromatic carbocycles. The molecule has 5 nitrogen and oxygen atoms in total. The van der Waals surface area contributed by atoms with E-state index in [0.29, 0.717) is 12.6 Å². The molecule has 0 fully saturated rings. The lowest BCUT2D eigenvalue weighted by Crippen LogP contribution is -2.45. The number of aryl methyl sites for hydroxylation is 1. The summed E-state index contributed by atoms with van der Waals surface area (Å²) in [5.41, 5.74) is 5.08. The fourth-order valence-electron chi connectivity index (χ4n) is 3.59. The molecule has 0 bridgehead atoms. The van der Waals surface area contributed by atoms with Crippen LogP contribution in [0.4, 0.5) is 0 Å². The monoisotopic (exact) mass is 487 g/mol. The number of aliphatic imine (C=N–C) groups is 1. The van der Waals surface area contributed by atoms with Gasteiger partial charge in [-0.15, -0.1) is 24.0 Å². The molecule has 0 saturated heterocycles. The Morgan fingerprint density at radius 1 is 1.11 bits per heavy atom. The molecule has 3 aromatic rings. The molecule has 4 rings (SSSR count). The highest BCUT2D eigenvalue weighted by Crippen LogP contribution is 2.21. The molecule has 1 atom stereocenters. The summed E-state index contributed by atoms with van der Waals surface area (Å²) in [6.45, 7) is 0.607. The van der Waals surface area contributed by atoms with Crippen LogP contribution < -0.4 is 10.6 Å². The van der Waals surface area contributed by atoms with Crippen molar-refractivity contribution in [2.75, 3.05) is 7.05 Å². The number of rotatable bonds is 4. The highest BCUT2D eigenvalue weighted by molar-refractivity contribution is 14.0. The Morgan fingerprint density at radius 2 is 1.86 bits per heavy atom. The van der Waals surface area contributed by atoms with Crippen LogP contribution in [0.5, 0.6) is 0 Å². The Morgan fingerprint density at radius 3 is 2.64 bits per heavy atom. The molecule has 1 heterocycles. The van der Waals surface area contributed by atoms with E-state index in [1.165, 1.54) is 11.1 Å². The number of H-pyrrole nitrogens is 1. The molecule has 1 aromatic heterocycles.